The first-order chi connectivity index (χ1) is 8.75. The Bertz CT molecular complexity index is 626. The van der Waals surface area contributed by atoms with E-state index < -0.39 is 0 Å². The fourth-order valence-corrected chi connectivity index (χ4v) is 2.62. The Balaban J connectivity index is 2.03. The lowest BCUT2D eigenvalue weighted by molar-refractivity contribution is 0.470. The molecule has 0 saturated carbocycles. The molecule has 18 heavy (non-hydrogen) atoms. The second-order valence-corrected chi connectivity index (χ2v) is 5.03. The second-order valence-electron chi connectivity index (χ2n) is 5.03. The van der Waals surface area contributed by atoms with Gasteiger partial charge in [0, 0.05) is 6.54 Å². The van der Waals surface area contributed by atoms with E-state index in [0.29, 0.717) is 5.92 Å². The number of hydrogen-bond donors (Lipinski definition) is 1. The maximum atomic E-state index is 12.4. The maximum Gasteiger partial charge on any atom is 0.261 e. The van der Waals surface area contributed by atoms with Gasteiger partial charge in [-0.3, -0.25) is 9.36 Å². The molecule has 4 heteroatoms. The van der Waals surface area contributed by atoms with Gasteiger partial charge in [-0.15, -0.1) is 0 Å². The van der Waals surface area contributed by atoms with Crippen molar-refractivity contribution in [2.75, 3.05) is 13.1 Å². The van der Waals surface area contributed by atoms with Crippen LogP contribution in [0, 0.1) is 12.8 Å². The lowest BCUT2D eigenvalue weighted by atomic mass is 10.1. The number of hydrogen-bond acceptors (Lipinski definition) is 3. The zero-order valence-electron chi connectivity index (χ0n) is 10.5. The summed E-state index contributed by atoms with van der Waals surface area (Å²) in [6.45, 7) is 4.81. The zero-order valence-corrected chi connectivity index (χ0v) is 10.5. The predicted octanol–water partition coefficient (Wildman–Crippen LogP) is 1.31. The Hall–Kier alpha value is -1.68. The van der Waals surface area contributed by atoms with Crippen molar-refractivity contribution in [1.29, 1.82) is 0 Å². The molecule has 1 saturated heterocycles. The van der Waals surface area contributed by atoms with Crippen LogP contribution in [0.5, 0.6) is 0 Å². The Kier molecular flexibility index (Phi) is 2.88. The minimum absolute atomic E-state index is 0.0793. The van der Waals surface area contributed by atoms with E-state index in [9.17, 15) is 4.79 Å². The van der Waals surface area contributed by atoms with Gasteiger partial charge < -0.3 is 5.32 Å². The van der Waals surface area contributed by atoms with Crippen LogP contribution >= 0.6 is 0 Å². The topological polar surface area (TPSA) is 46.9 Å². The van der Waals surface area contributed by atoms with Crippen molar-refractivity contribution < 1.29 is 0 Å². The van der Waals surface area contributed by atoms with E-state index in [2.05, 4.69) is 10.3 Å². The van der Waals surface area contributed by atoms with Crippen LogP contribution in [-0.2, 0) is 6.54 Å². The molecule has 1 atom stereocenters. The summed E-state index contributed by atoms with van der Waals surface area (Å²) in [7, 11) is 0. The third kappa shape index (κ3) is 1.93. The van der Waals surface area contributed by atoms with E-state index in [-0.39, 0.29) is 5.56 Å². The number of aryl methyl sites for hydroxylation is 1. The molecule has 0 aliphatic carbocycles. The highest BCUT2D eigenvalue weighted by Crippen LogP contribution is 2.13. The molecule has 2 heterocycles. The van der Waals surface area contributed by atoms with Gasteiger partial charge >= 0.3 is 0 Å². The van der Waals surface area contributed by atoms with E-state index in [1.165, 1.54) is 0 Å². The number of benzene rings is 1. The molecule has 1 N–H and O–H groups in total. The summed E-state index contributed by atoms with van der Waals surface area (Å²) in [6.07, 6.45) is 2.83. The monoisotopic (exact) mass is 243 g/mol. The average Bonchev–Trinajstić information content (AvgIpc) is 2.86. The molecule has 94 valence electrons. The molecule has 1 unspecified atom stereocenters. The summed E-state index contributed by atoms with van der Waals surface area (Å²) < 4.78 is 1.75. The van der Waals surface area contributed by atoms with Gasteiger partial charge in [-0.1, -0.05) is 12.1 Å². The summed E-state index contributed by atoms with van der Waals surface area (Å²) >= 11 is 0. The number of para-hydroxylation sites is 1. The van der Waals surface area contributed by atoms with Crippen molar-refractivity contribution in [3.8, 4) is 0 Å². The largest absolute Gasteiger partial charge is 0.316 e. The summed E-state index contributed by atoms with van der Waals surface area (Å²) in [5, 5.41) is 4.05. The molecule has 1 aromatic carbocycles. The smallest absolute Gasteiger partial charge is 0.261 e. The highest BCUT2D eigenvalue weighted by Gasteiger charge is 2.16. The Morgan fingerprint density at radius 3 is 3.17 bits per heavy atom. The van der Waals surface area contributed by atoms with Crippen LogP contribution in [0.4, 0.5) is 0 Å². The highest BCUT2D eigenvalue weighted by atomic mass is 16.1. The number of aromatic nitrogens is 2. The van der Waals surface area contributed by atoms with Crippen molar-refractivity contribution >= 4 is 10.9 Å². The van der Waals surface area contributed by atoms with Gasteiger partial charge in [-0.2, -0.15) is 0 Å². The number of fused-ring (bicyclic) bond motifs is 1. The van der Waals surface area contributed by atoms with Crippen molar-refractivity contribution in [1.82, 2.24) is 14.9 Å². The first-order valence-corrected chi connectivity index (χ1v) is 6.41. The molecule has 0 bridgehead atoms. The minimum atomic E-state index is 0.0793. The normalized spacial score (nSPS) is 19.5. The average molecular weight is 243 g/mol. The maximum absolute atomic E-state index is 12.4. The van der Waals surface area contributed by atoms with Crippen molar-refractivity contribution in [2.45, 2.75) is 19.9 Å². The van der Waals surface area contributed by atoms with Crippen LogP contribution in [0.2, 0.25) is 0 Å². The second kappa shape index (κ2) is 4.53. The summed E-state index contributed by atoms with van der Waals surface area (Å²) in [6, 6.07) is 5.77. The van der Waals surface area contributed by atoms with Gasteiger partial charge in [0.2, 0.25) is 0 Å². The van der Waals surface area contributed by atoms with Gasteiger partial charge in [-0.25, -0.2) is 4.98 Å². The Morgan fingerprint density at radius 2 is 2.39 bits per heavy atom. The van der Waals surface area contributed by atoms with Crippen molar-refractivity contribution in [2.24, 2.45) is 5.92 Å². The molecular formula is C14H17N3O. The summed E-state index contributed by atoms with van der Waals surface area (Å²) in [5.74, 6) is 0.548. The molecule has 1 aromatic heterocycles. The first kappa shape index (κ1) is 11.4. The molecule has 0 spiro atoms. The highest BCUT2D eigenvalue weighted by molar-refractivity contribution is 5.80. The van der Waals surface area contributed by atoms with E-state index in [0.717, 1.165) is 42.5 Å². The third-order valence-corrected chi connectivity index (χ3v) is 3.67. The summed E-state index contributed by atoms with van der Waals surface area (Å²) in [5.41, 5.74) is 1.96. The van der Waals surface area contributed by atoms with Crippen LogP contribution in [0.15, 0.2) is 29.3 Å². The van der Waals surface area contributed by atoms with Crippen LogP contribution < -0.4 is 10.9 Å². The SMILES string of the molecule is Cc1cccc2c(=O)n(CC3CCNC3)cnc12. The first-order valence-electron chi connectivity index (χ1n) is 6.41. The molecule has 1 aliphatic rings. The third-order valence-electron chi connectivity index (χ3n) is 3.67. The molecule has 0 radical (unpaired) electrons. The number of nitrogens with one attached hydrogen (secondary N) is 1. The lowest BCUT2D eigenvalue weighted by Crippen LogP contribution is -2.25. The predicted molar refractivity (Wildman–Crippen MR) is 71.7 cm³/mol. The Labute approximate surface area is 106 Å². The van der Waals surface area contributed by atoms with E-state index in [4.69, 9.17) is 0 Å². The number of nitrogens with zero attached hydrogens (tertiary/aromatic N) is 2. The van der Waals surface area contributed by atoms with E-state index in [1.807, 2.05) is 25.1 Å². The molecule has 2 aromatic rings. The molecule has 0 amide bonds. The molecule has 1 aliphatic heterocycles. The Morgan fingerprint density at radius 1 is 1.50 bits per heavy atom. The van der Waals surface area contributed by atoms with Gasteiger partial charge in [0.05, 0.1) is 17.2 Å². The lowest BCUT2D eigenvalue weighted by Gasteiger charge is -2.11. The number of rotatable bonds is 2. The van der Waals surface area contributed by atoms with Crippen LogP contribution in [-0.4, -0.2) is 22.6 Å². The molecular weight excluding hydrogens is 226 g/mol. The quantitative estimate of drug-likeness (QED) is 0.865. The molecule has 1 fully saturated rings. The van der Waals surface area contributed by atoms with Crippen LogP contribution in [0.3, 0.4) is 0 Å². The standard InChI is InChI=1S/C14H17N3O/c1-10-3-2-4-12-13(10)16-9-17(14(12)18)8-11-5-6-15-7-11/h2-4,9,11,15H,5-8H2,1H3. The zero-order chi connectivity index (χ0) is 12.5. The van der Waals surface area contributed by atoms with E-state index in [1.54, 1.807) is 10.9 Å². The van der Waals surface area contributed by atoms with Gasteiger partial charge in [0.1, 0.15) is 0 Å². The van der Waals surface area contributed by atoms with Crippen LogP contribution in [0.1, 0.15) is 12.0 Å². The fourth-order valence-electron chi connectivity index (χ4n) is 2.62. The van der Waals surface area contributed by atoms with Gasteiger partial charge in [-0.05, 0) is 44.0 Å². The molecule has 3 rings (SSSR count). The minimum Gasteiger partial charge on any atom is -0.316 e. The van der Waals surface area contributed by atoms with Gasteiger partial charge in [0.15, 0.2) is 0 Å². The van der Waals surface area contributed by atoms with Crippen LogP contribution in [0.25, 0.3) is 10.9 Å². The summed E-state index contributed by atoms with van der Waals surface area (Å²) in [4.78, 5) is 16.8. The van der Waals surface area contributed by atoms with E-state index >= 15 is 0 Å². The fraction of sp³-hybridized carbons (Fsp3) is 0.429. The van der Waals surface area contributed by atoms with Gasteiger partial charge in [0.25, 0.3) is 5.56 Å². The van der Waals surface area contributed by atoms with Crippen molar-refractivity contribution in [3.05, 3.63) is 40.4 Å². The van der Waals surface area contributed by atoms with Crippen molar-refractivity contribution in [3.63, 3.8) is 0 Å². The molecule has 4 nitrogen and oxygen atoms in total.